The number of fused-ring (bicyclic) bond motifs is 6. The molecule has 8 aromatic rings. The van der Waals surface area contributed by atoms with Gasteiger partial charge in [0.25, 0.3) is 0 Å². The summed E-state index contributed by atoms with van der Waals surface area (Å²) in [6, 6.07) is 47.1. The quantitative estimate of drug-likeness (QED) is 0.189. The summed E-state index contributed by atoms with van der Waals surface area (Å²) in [6.07, 6.45) is 0. The third-order valence-electron chi connectivity index (χ3n) is 9.10. The number of nitriles is 1. The van der Waals surface area contributed by atoms with Crippen molar-refractivity contribution >= 4 is 49.3 Å². The molecular weight excluding hydrogens is 560 g/mol. The molecule has 0 aliphatic heterocycles. The Labute approximate surface area is 267 Å². The first kappa shape index (κ1) is 27.4. The Kier molecular flexibility index (Phi) is 6.11. The highest BCUT2D eigenvalue weighted by Gasteiger charge is 2.24. The number of nitrogens with zero attached hydrogens (tertiary/aromatic N) is 4. The minimum atomic E-state index is -0.243. The summed E-state index contributed by atoms with van der Waals surface area (Å²) in [5.41, 5.74) is 10.4. The predicted octanol–water partition coefficient (Wildman–Crippen LogP) is 11.3. The SMILES string of the molecule is [C-]#[N+]c1cc(C(C)(C)C)c(-n2c3ccccc3c3cc(-c4ccc5c6ccccc6n(-c6ccccc6)c5c4)ccc32)cc1C#N. The molecule has 0 fully saturated rings. The number of para-hydroxylation sites is 3. The van der Waals surface area contributed by atoms with Crippen molar-refractivity contribution in [1.82, 2.24) is 9.13 Å². The summed E-state index contributed by atoms with van der Waals surface area (Å²) in [6.45, 7) is 14.2. The van der Waals surface area contributed by atoms with Gasteiger partial charge in [0.1, 0.15) is 0 Å². The van der Waals surface area contributed by atoms with Gasteiger partial charge in [0, 0.05) is 32.9 Å². The molecule has 0 aliphatic carbocycles. The normalized spacial score (nSPS) is 11.8. The lowest BCUT2D eigenvalue weighted by atomic mass is 9.84. The molecule has 0 radical (unpaired) electrons. The van der Waals surface area contributed by atoms with Crippen LogP contribution in [0.1, 0.15) is 31.9 Å². The third-order valence-corrected chi connectivity index (χ3v) is 9.10. The predicted molar refractivity (Wildman–Crippen MR) is 190 cm³/mol. The summed E-state index contributed by atoms with van der Waals surface area (Å²) in [4.78, 5) is 3.69. The monoisotopic (exact) mass is 590 g/mol. The number of hydrogen-bond acceptors (Lipinski definition) is 1. The van der Waals surface area contributed by atoms with Gasteiger partial charge in [-0.1, -0.05) is 93.6 Å². The largest absolute Gasteiger partial charge is 0.309 e. The molecule has 4 heteroatoms. The van der Waals surface area contributed by atoms with Crippen molar-refractivity contribution in [3.8, 4) is 28.6 Å². The molecule has 0 bridgehead atoms. The van der Waals surface area contributed by atoms with Crippen molar-refractivity contribution < 1.29 is 0 Å². The van der Waals surface area contributed by atoms with E-state index in [0.717, 1.165) is 49.9 Å². The van der Waals surface area contributed by atoms with Crippen LogP contribution < -0.4 is 0 Å². The minimum Gasteiger partial charge on any atom is -0.309 e. The van der Waals surface area contributed by atoms with Gasteiger partial charge in [-0.3, -0.25) is 0 Å². The van der Waals surface area contributed by atoms with Crippen LogP contribution in [-0.4, -0.2) is 9.13 Å². The molecule has 46 heavy (non-hydrogen) atoms. The smallest absolute Gasteiger partial charge is 0.205 e. The Morgan fingerprint density at radius 1 is 0.587 bits per heavy atom. The number of aromatic nitrogens is 2. The van der Waals surface area contributed by atoms with Gasteiger partial charge in [0.15, 0.2) is 0 Å². The van der Waals surface area contributed by atoms with Crippen molar-refractivity contribution in [2.24, 2.45) is 0 Å². The Balaban J connectivity index is 1.38. The molecule has 0 saturated carbocycles. The average Bonchev–Trinajstić information content (AvgIpc) is 3.59. The Morgan fingerprint density at radius 3 is 1.87 bits per heavy atom. The Bertz CT molecular complexity index is 2580. The van der Waals surface area contributed by atoms with Gasteiger partial charge in [-0.15, -0.1) is 0 Å². The fraction of sp³-hybridized carbons (Fsp3) is 0.0952. The summed E-state index contributed by atoms with van der Waals surface area (Å²) in [5.74, 6) is 0. The molecule has 0 unspecified atom stereocenters. The lowest BCUT2D eigenvalue weighted by Gasteiger charge is -2.25. The van der Waals surface area contributed by atoms with Crippen LogP contribution in [0, 0.1) is 17.9 Å². The second-order valence-electron chi connectivity index (χ2n) is 12.9. The average molecular weight is 591 g/mol. The van der Waals surface area contributed by atoms with Crippen LogP contribution in [0.25, 0.3) is 71.0 Å². The summed E-state index contributed by atoms with van der Waals surface area (Å²) in [7, 11) is 0. The van der Waals surface area contributed by atoms with E-state index in [9.17, 15) is 5.26 Å². The highest BCUT2D eigenvalue weighted by atomic mass is 15.0. The van der Waals surface area contributed by atoms with E-state index in [1.165, 1.54) is 21.8 Å². The van der Waals surface area contributed by atoms with E-state index in [2.05, 4.69) is 156 Å². The van der Waals surface area contributed by atoms with Gasteiger partial charge in [-0.25, -0.2) is 4.85 Å². The molecule has 0 atom stereocenters. The van der Waals surface area contributed by atoms with Crippen LogP contribution in [0.2, 0.25) is 0 Å². The van der Waals surface area contributed by atoms with Crippen LogP contribution in [0.5, 0.6) is 0 Å². The molecule has 2 aromatic heterocycles. The number of rotatable bonds is 3. The van der Waals surface area contributed by atoms with Gasteiger partial charge in [-0.2, -0.15) is 5.26 Å². The van der Waals surface area contributed by atoms with Gasteiger partial charge >= 0.3 is 0 Å². The standard InChI is InChI=1S/C42H30N4/c1-42(2,3)35-25-36(44-4)29(26-43)24-41(35)46-38-17-11-9-15-32(38)34-22-27(19-21-39(34)46)28-18-20-33-31-14-8-10-16-37(31)45(40(33)23-28)30-12-6-5-7-13-30/h5-25H,1-3H3. The maximum atomic E-state index is 9.96. The highest BCUT2D eigenvalue weighted by Crippen LogP contribution is 2.41. The fourth-order valence-electron chi connectivity index (χ4n) is 6.96. The van der Waals surface area contributed by atoms with Gasteiger partial charge in [-0.05, 0) is 76.7 Å². The molecule has 0 aliphatic rings. The zero-order valence-corrected chi connectivity index (χ0v) is 25.9. The fourth-order valence-corrected chi connectivity index (χ4v) is 6.96. The van der Waals surface area contributed by atoms with E-state index in [4.69, 9.17) is 6.57 Å². The van der Waals surface area contributed by atoms with E-state index in [0.29, 0.717) is 11.3 Å². The van der Waals surface area contributed by atoms with E-state index < -0.39 is 0 Å². The van der Waals surface area contributed by atoms with Crippen LogP contribution in [0.3, 0.4) is 0 Å². The molecule has 0 saturated heterocycles. The molecule has 4 nitrogen and oxygen atoms in total. The molecule has 0 spiro atoms. The van der Waals surface area contributed by atoms with Crippen LogP contribution in [0.15, 0.2) is 127 Å². The maximum absolute atomic E-state index is 9.96. The first-order valence-corrected chi connectivity index (χ1v) is 15.5. The second kappa shape index (κ2) is 10.2. The maximum Gasteiger partial charge on any atom is 0.205 e. The van der Waals surface area contributed by atoms with E-state index in [1.807, 2.05) is 12.1 Å². The van der Waals surface area contributed by atoms with Crippen molar-refractivity contribution in [1.29, 1.82) is 5.26 Å². The summed E-state index contributed by atoms with van der Waals surface area (Å²) >= 11 is 0. The van der Waals surface area contributed by atoms with Crippen molar-refractivity contribution in [3.05, 3.63) is 150 Å². The lowest BCUT2D eigenvalue weighted by Crippen LogP contribution is -2.15. The number of benzene rings is 6. The molecule has 8 rings (SSSR count). The zero-order chi connectivity index (χ0) is 31.6. The van der Waals surface area contributed by atoms with Crippen LogP contribution in [0.4, 0.5) is 5.69 Å². The molecule has 0 amide bonds. The van der Waals surface area contributed by atoms with E-state index in [-0.39, 0.29) is 5.41 Å². The third kappa shape index (κ3) is 4.12. The van der Waals surface area contributed by atoms with Gasteiger partial charge < -0.3 is 9.13 Å². The van der Waals surface area contributed by atoms with E-state index >= 15 is 0 Å². The van der Waals surface area contributed by atoms with Crippen molar-refractivity contribution in [3.63, 3.8) is 0 Å². The summed E-state index contributed by atoms with van der Waals surface area (Å²) in [5, 5.41) is 14.7. The first-order valence-electron chi connectivity index (χ1n) is 15.5. The molecule has 6 aromatic carbocycles. The van der Waals surface area contributed by atoms with E-state index in [1.54, 1.807) is 0 Å². The second-order valence-corrected chi connectivity index (χ2v) is 12.9. The molecular formula is C42H30N4. The lowest BCUT2D eigenvalue weighted by molar-refractivity contribution is 0.588. The molecule has 0 N–H and O–H groups in total. The van der Waals surface area contributed by atoms with Crippen molar-refractivity contribution in [2.45, 2.75) is 26.2 Å². The minimum absolute atomic E-state index is 0.243. The van der Waals surface area contributed by atoms with Gasteiger partial charge in [0.2, 0.25) is 5.69 Å². The highest BCUT2D eigenvalue weighted by molar-refractivity contribution is 6.12. The zero-order valence-electron chi connectivity index (χ0n) is 25.9. The Hall–Kier alpha value is -6.10. The topological polar surface area (TPSA) is 38.0 Å². The summed E-state index contributed by atoms with van der Waals surface area (Å²) < 4.78 is 4.62. The van der Waals surface area contributed by atoms with Gasteiger partial charge in [0.05, 0.1) is 40.3 Å². The van der Waals surface area contributed by atoms with Crippen molar-refractivity contribution in [2.75, 3.05) is 0 Å². The van der Waals surface area contributed by atoms with Crippen LogP contribution >= 0.6 is 0 Å². The first-order chi connectivity index (χ1) is 22.4. The number of hydrogen-bond donors (Lipinski definition) is 0. The molecule has 2 heterocycles. The molecule has 218 valence electrons. The van der Waals surface area contributed by atoms with Crippen LogP contribution in [-0.2, 0) is 5.41 Å². The Morgan fingerprint density at radius 2 is 1.17 bits per heavy atom.